The molecule has 0 aromatic heterocycles. The van der Waals surface area contributed by atoms with E-state index in [1.54, 1.807) is 0 Å². The van der Waals surface area contributed by atoms with Crippen molar-refractivity contribution < 1.29 is 0 Å². The van der Waals surface area contributed by atoms with Crippen LogP contribution in [0, 0.1) is 0 Å². The summed E-state index contributed by atoms with van der Waals surface area (Å²) in [6.07, 6.45) is 10.5. The van der Waals surface area contributed by atoms with Crippen LogP contribution in [-0.2, 0) is 0 Å². The van der Waals surface area contributed by atoms with Crippen molar-refractivity contribution in [3.05, 3.63) is 0 Å². The number of nitrogens with one attached hydrogen (secondary N) is 1. The van der Waals surface area contributed by atoms with Crippen molar-refractivity contribution in [1.82, 2.24) is 10.2 Å². The lowest BCUT2D eigenvalue weighted by atomic mass is 10.1. The molecule has 0 bridgehead atoms. The number of likely N-dealkylation sites (tertiary alicyclic amines) is 1. The van der Waals surface area contributed by atoms with Crippen molar-refractivity contribution in [2.24, 2.45) is 0 Å². The predicted molar refractivity (Wildman–Crippen MR) is 75.4 cm³/mol. The zero-order valence-corrected chi connectivity index (χ0v) is 11.8. The first-order chi connectivity index (χ1) is 7.83. The molecule has 1 saturated heterocycles. The van der Waals surface area contributed by atoms with Gasteiger partial charge in [-0.1, -0.05) is 12.8 Å². The molecule has 96 valence electrons. The van der Waals surface area contributed by atoms with E-state index in [1.165, 1.54) is 63.9 Å². The smallest absolute Gasteiger partial charge is 0.0195 e. The highest BCUT2D eigenvalue weighted by Gasteiger charge is 2.15. The van der Waals surface area contributed by atoms with E-state index >= 15 is 0 Å². The van der Waals surface area contributed by atoms with Crippen LogP contribution in [0.5, 0.6) is 0 Å². The Bertz CT molecular complexity index is 164. The van der Waals surface area contributed by atoms with E-state index in [2.05, 4.69) is 23.5 Å². The molecule has 1 N–H and O–H groups in total. The van der Waals surface area contributed by atoms with Crippen molar-refractivity contribution in [2.75, 3.05) is 38.7 Å². The van der Waals surface area contributed by atoms with Gasteiger partial charge in [-0.15, -0.1) is 0 Å². The molecule has 16 heavy (non-hydrogen) atoms. The molecule has 2 nitrogen and oxygen atoms in total. The average molecular weight is 244 g/mol. The summed E-state index contributed by atoms with van der Waals surface area (Å²) >= 11 is 1.97. The number of rotatable bonds is 8. The molecule has 1 unspecified atom stereocenters. The molecule has 1 rings (SSSR count). The zero-order chi connectivity index (χ0) is 11.6. The van der Waals surface area contributed by atoms with Crippen molar-refractivity contribution in [2.45, 2.75) is 44.6 Å². The maximum absolute atomic E-state index is 3.70. The largest absolute Gasteiger partial charge is 0.313 e. The summed E-state index contributed by atoms with van der Waals surface area (Å²) in [6.45, 7) is 3.75. The molecular weight excluding hydrogens is 216 g/mol. The van der Waals surface area contributed by atoms with Gasteiger partial charge in [0.15, 0.2) is 0 Å². The molecule has 3 heteroatoms. The highest BCUT2D eigenvalue weighted by molar-refractivity contribution is 7.98. The van der Waals surface area contributed by atoms with Crippen LogP contribution in [0.4, 0.5) is 0 Å². The summed E-state index contributed by atoms with van der Waals surface area (Å²) in [6, 6.07) is 0.755. The lowest BCUT2D eigenvalue weighted by molar-refractivity contribution is 0.227. The van der Waals surface area contributed by atoms with Crippen LogP contribution in [0.1, 0.15) is 38.5 Å². The molecule has 1 atom stereocenters. The molecule has 0 saturated carbocycles. The van der Waals surface area contributed by atoms with Crippen molar-refractivity contribution in [1.29, 1.82) is 0 Å². The zero-order valence-electron chi connectivity index (χ0n) is 11.0. The van der Waals surface area contributed by atoms with E-state index in [-0.39, 0.29) is 0 Å². The van der Waals surface area contributed by atoms with Crippen LogP contribution in [0.15, 0.2) is 0 Å². The lowest BCUT2D eigenvalue weighted by Crippen LogP contribution is -2.44. The quantitative estimate of drug-likeness (QED) is 0.661. The summed E-state index contributed by atoms with van der Waals surface area (Å²) in [5.41, 5.74) is 0. The van der Waals surface area contributed by atoms with Crippen LogP contribution >= 0.6 is 11.8 Å². The monoisotopic (exact) mass is 244 g/mol. The molecule has 0 aromatic rings. The Morgan fingerprint density at radius 2 is 2.06 bits per heavy atom. The third-order valence-electron chi connectivity index (χ3n) is 3.33. The topological polar surface area (TPSA) is 15.3 Å². The van der Waals surface area contributed by atoms with Crippen LogP contribution in [0.25, 0.3) is 0 Å². The second-order valence-electron chi connectivity index (χ2n) is 4.96. The Hall–Kier alpha value is 0.270. The van der Waals surface area contributed by atoms with E-state index in [9.17, 15) is 0 Å². The summed E-state index contributed by atoms with van der Waals surface area (Å²) in [5, 5.41) is 3.70. The Kier molecular flexibility index (Phi) is 8.34. The van der Waals surface area contributed by atoms with E-state index < -0.39 is 0 Å². The maximum Gasteiger partial charge on any atom is 0.0195 e. The molecule has 1 aliphatic rings. The fourth-order valence-corrected chi connectivity index (χ4v) is 2.86. The lowest BCUT2D eigenvalue weighted by Gasteiger charge is -2.30. The van der Waals surface area contributed by atoms with Crippen LogP contribution in [0.2, 0.25) is 0 Å². The van der Waals surface area contributed by atoms with Gasteiger partial charge in [-0.3, -0.25) is 0 Å². The normalized spacial score (nSPS) is 22.5. The van der Waals surface area contributed by atoms with E-state index in [4.69, 9.17) is 0 Å². The first-order valence-corrected chi connectivity index (χ1v) is 8.13. The molecule has 0 amide bonds. The number of hydrogen-bond acceptors (Lipinski definition) is 3. The fourth-order valence-electron chi connectivity index (χ4n) is 2.36. The minimum Gasteiger partial charge on any atom is -0.313 e. The summed E-state index contributed by atoms with van der Waals surface area (Å²) in [4.78, 5) is 2.44. The van der Waals surface area contributed by atoms with Gasteiger partial charge in [0.2, 0.25) is 0 Å². The molecule has 1 heterocycles. The number of unbranched alkanes of at least 4 members (excludes halogenated alkanes) is 3. The molecule has 0 radical (unpaired) electrons. The van der Waals surface area contributed by atoms with Gasteiger partial charge in [0.05, 0.1) is 0 Å². The van der Waals surface area contributed by atoms with Crippen LogP contribution < -0.4 is 5.32 Å². The van der Waals surface area contributed by atoms with Crippen molar-refractivity contribution in [3.8, 4) is 0 Å². The molecule has 1 fully saturated rings. The second kappa shape index (κ2) is 9.32. The SMILES string of the molecule is CSCCCCCCNC1CCCN(C)C1. The first kappa shape index (κ1) is 14.3. The maximum atomic E-state index is 3.70. The molecule has 0 aromatic carbocycles. The first-order valence-electron chi connectivity index (χ1n) is 6.74. The minimum atomic E-state index is 0.755. The Morgan fingerprint density at radius 1 is 1.25 bits per heavy atom. The second-order valence-corrected chi connectivity index (χ2v) is 5.95. The Morgan fingerprint density at radius 3 is 2.81 bits per heavy atom. The standard InChI is InChI=1S/C13H28N2S/c1-15-10-7-8-13(12-15)14-9-5-3-4-6-11-16-2/h13-14H,3-12H2,1-2H3. The van der Waals surface area contributed by atoms with E-state index in [0.29, 0.717) is 0 Å². The van der Waals surface area contributed by atoms with Gasteiger partial charge < -0.3 is 10.2 Å². The molecule has 0 aliphatic carbocycles. The van der Waals surface area contributed by atoms with E-state index in [0.717, 1.165) is 6.04 Å². The average Bonchev–Trinajstić information content (AvgIpc) is 2.28. The number of nitrogens with zero attached hydrogens (tertiary/aromatic N) is 1. The number of hydrogen-bond donors (Lipinski definition) is 1. The Labute approximate surface area is 106 Å². The van der Waals surface area contributed by atoms with Crippen molar-refractivity contribution in [3.63, 3.8) is 0 Å². The van der Waals surface area contributed by atoms with Gasteiger partial charge in [0.1, 0.15) is 0 Å². The van der Waals surface area contributed by atoms with Crippen LogP contribution in [-0.4, -0.2) is 49.6 Å². The summed E-state index contributed by atoms with van der Waals surface area (Å²) in [7, 11) is 2.23. The van der Waals surface area contributed by atoms with Gasteiger partial charge in [0.25, 0.3) is 0 Å². The van der Waals surface area contributed by atoms with E-state index in [1.807, 2.05) is 11.8 Å². The Balaban J connectivity index is 1.86. The third kappa shape index (κ3) is 6.77. The van der Waals surface area contributed by atoms with Gasteiger partial charge in [-0.2, -0.15) is 11.8 Å². The van der Waals surface area contributed by atoms with Crippen LogP contribution in [0.3, 0.4) is 0 Å². The molecule has 1 aliphatic heterocycles. The molecular formula is C13H28N2S. The number of likely N-dealkylation sites (N-methyl/N-ethyl adjacent to an activating group) is 1. The number of piperidine rings is 1. The minimum absolute atomic E-state index is 0.755. The van der Waals surface area contributed by atoms with Crippen molar-refractivity contribution >= 4 is 11.8 Å². The third-order valence-corrected chi connectivity index (χ3v) is 4.03. The fraction of sp³-hybridized carbons (Fsp3) is 1.00. The summed E-state index contributed by atoms with van der Waals surface area (Å²) < 4.78 is 0. The van der Waals surface area contributed by atoms with Gasteiger partial charge in [-0.05, 0) is 57.8 Å². The van der Waals surface area contributed by atoms with Gasteiger partial charge in [0, 0.05) is 12.6 Å². The highest BCUT2D eigenvalue weighted by atomic mass is 32.2. The van der Waals surface area contributed by atoms with Gasteiger partial charge >= 0.3 is 0 Å². The predicted octanol–water partition coefficient (Wildman–Crippen LogP) is 2.59. The highest BCUT2D eigenvalue weighted by Crippen LogP contribution is 2.08. The number of thioether (sulfide) groups is 1. The van der Waals surface area contributed by atoms with Gasteiger partial charge in [-0.25, -0.2) is 0 Å². The molecule has 0 spiro atoms. The summed E-state index contributed by atoms with van der Waals surface area (Å²) in [5.74, 6) is 1.33.